The van der Waals surface area contributed by atoms with Crippen molar-refractivity contribution in [2.75, 3.05) is 6.61 Å². The van der Waals surface area contributed by atoms with Gasteiger partial charge in [0.2, 0.25) is 0 Å². The van der Waals surface area contributed by atoms with Crippen molar-refractivity contribution in [2.45, 2.75) is 0 Å². The standard InChI is InChI=1S/C15H10FNO3/c16-12-5-3-6-13(8-12)19-10-15(18)20-14-7-2-1-4-11(14)9-17/h1-8H,10H2. The Kier molecular flexibility index (Phi) is 4.30. The Hall–Kier alpha value is -2.87. The number of rotatable bonds is 4. The van der Waals surface area contributed by atoms with Gasteiger partial charge in [0.05, 0.1) is 5.56 Å². The Morgan fingerprint density at radius 3 is 2.75 bits per heavy atom. The number of esters is 1. The van der Waals surface area contributed by atoms with Crippen molar-refractivity contribution in [3.05, 3.63) is 59.9 Å². The topological polar surface area (TPSA) is 59.3 Å². The highest BCUT2D eigenvalue weighted by Gasteiger charge is 2.09. The van der Waals surface area contributed by atoms with Crippen LogP contribution in [0.15, 0.2) is 48.5 Å². The smallest absolute Gasteiger partial charge is 0.349 e. The number of nitrogens with zero attached hydrogens (tertiary/aromatic N) is 1. The SMILES string of the molecule is N#Cc1ccccc1OC(=O)COc1cccc(F)c1. The molecule has 0 heterocycles. The van der Waals surface area contributed by atoms with Crippen LogP contribution in [0, 0.1) is 17.1 Å². The molecule has 0 aromatic heterocycles. The maximum absolute atomic E-state index is 12.9. The Labute approximate surface area is 115 Å². The highest BCUT2D eigenvalue weighted by atomic mass is 19.1. The Balaban J connectivity index is 1.95. The number of hydrogen-bond donors (Lipinski definition) is 0. The van der Waals surface area contributed by atoms with E-state index < -0.39 is 11.8 Å². The van der Waals surface area contributed by atoms with Gasteiger partial charge in [-0.05, 0) is 24.3 Å². The van der Waals surface area contributed by atoms with Crippen molar-refractivity contribution < 1.29 is 18.7 Å². The van der Waals surface area contributed by atoms with Crippen LogP contribution < -0.4 is 9.47 Å². The van der Waals surface area contributed by atoms with Crippen LogP contribution in [0.25, 0.3) is 0 Å². The van der Waals surface area contributed by atoms with E-state index in [1.807, 2.05) is 6.07 Å². The molecular formula is C15H10FNO3. The van der Waals surface area contributed by atoms with E-state index in [4.69, 9.17) is 14.7 Å². The van der Waals surface area contributed by atoms with E-state index in [0.29, 0.717) is 0 Å². The number of carbonyl (C=O) groups excluding carboxylic acids is 1. The molecule has 2 aromatic carbocycles. The van der Waals surface area contributed by atoms with Crippen LogP contribution in [-0.4, -0.2) is 12.6 Å². The van der Waals surface area contributed by atoms with Gasteiger partial charge in [0.15, 0.2) is 6.61 Å². The molecule has 0 bridgehead atoms. The van der Waals surface area contributed by atoms with Gasteiger partial charge >= 0.3 is 5.97 Å². The van der Waals surface area contributed by atoms with Crippen LogP contribution in [-0.2, 0) is 4.79 Å². The molecule has 0 aliphatic heterocycles. The summed E-state index contributed by atoms with van der Waals surface area (Å²) in [6.45, 7) is -0.372. The number of benzene rings is 2. The zero-order valence-corrected chi connectivity index (χ0v) is 10.4. The predicted octanol–water partition coefficient (Wildman–Crippen LogP) is 2.68. The lowest BCUT2D eigenvalue weighted by Crippen LogP contribution is -2.18. The summed E-state index contributed by atoms with van der Waals surface area (Å²) in [6, 6.07) is 13.7. The summed E-state index contributed by atoms with van der Waals surface area (Å²) in [7, 11) is 0. The van der Waals surface area contributed by atoms with Gasteiger partial charge in [-0.3, -0.25) is 0 Å². The number of hydrogen-bond acceptors (Lipinski definition) is 4. The summed E-state index contributed by atoms with van der Waals surface area (Å²) in [6.07, 6.45) is 0. The molecule has 0 radical (unpaired) electrons. The minimum atomic E-state index is -0.669. The summed E-state index contributed by atoms with van der Waals surface area (Å²) in [5.74, 6) is -0.721. The largest absolute Gasteiger partial charge is 0.482 e. The predicted molar refractivity (Wildman–Crippen MR) is 68.7 cm³/mol. The fourth-order valence-electron chi connectivity index (χ4n) is 1.50. The van der Waals surface area contributed by atoms with Gasteiger partial charge in [0.1, 0.15) is 23.4 Å². The summed E-state index contributed by atoms with van der Waals surface area (Å²) in [4.78, 5) is 11.6. The van der Waals surface area contributed by atoms with Gasteiger partial charge in [-0.25, -0.2) is 9.18 Å². The van der Waals surface area contributed by atoms with E-state index in [0.717, 1.165) is 6.07 Å². The fourth-order valence-corrected chi connectivity index (χ4v) is 1.50. The number of para-hydroxylation sites is 1. The van der Waals surface area contributed by atoms with Crippen LogP contribution >= 0.6 is 0 Å². The molecular weight excluding hydrogens is 261 g/mol. The Bertz CT molecular complexity index is 664. The molecule has 0 amide bonds. The molecule has 0 fully saturated rings. The molecule has 0 saturated carbocycles. The average molecular weight is 271 g/mol. The minimum absolute atomic E-state index is 0.169. The molecule has 2 rings (SSSR count). The van der Waals surface area contributed by atoms with E-state index >= 15 is 0 Å². The Morgan fingerprint density at radius 1 is 1.20 bits per heavy atom. The molecule has 2 aromatic rings. The maximum atomic E-state index is 12.9. The molecule has 0 atom stereocenters. The number of ether oxygens (including phenoxy) is 2. The van der Waals surface area contributed by atoms with Crippen LogP contribution in [0.1, 0.15) is 5.56 Å². The molecule has 20 heavy (non-hydrogen) atoms. The first-order chi connectivity index (χ1) is 9.69. The van der Waals surface area contributed by atoms with E-state index in [9.17, 15) is 9.18 Å². The zero-order chi connectivity index (χ0) is 14.4. The fraction of sp³-hybridized carbons (Fsp3) is 0.0667. The summed E-state index contributed by atoms with van der Waals surface area (Å²) in [5, 5.41) is 8.86. The molecule has 0 unspecified atom stereocenters. The second kappa shape index (κ2) is 6.34. The van der Waals surface area contributed by atoms with Crippen molar-refractivity contribution in [3.63, 3.8) is 0 Å². The monoisotopic (exact) mass is 271 g/mol. The molecule has 0 saturated heterocycles. The second-order valence-corrected chi connectivity index (χ2v) is 3.83. The van der Waals surface area contributed by atoms with Gasteiger partial charge in [-0.1, -0.05) is 18.2 Å². The van der Waals surface area contributed by atoms with Crippen LogP contribution in [0.2, 0.25) is 0 Å². The highest BCUT2D eigenvalue weighted by molar-refractivity contribution is 5.74. The van der Waals surface area contributed by atoms with Crippen molar-refractivity contribution >= 4 is 5.97 Å². The summed E-state index contributed by atoms with van der Waals surface area (Å²) >= 11 is 0. The van der Waals surface area contributed by atoms with Crippen molar-refractivity contribution in [1.82, 2.24) is 0 Å². The normalized spacial score (nSPS) is 9.60. The van der Waals surface area contributed by atoms with Gasteiger partial charge in [-0.2, -0.15) is 5.26 Å². The summed E-state index contributed by atoms with van der Waals surface area (Å²) < 4.78 is 23.0. The second-order valence-electron chi connectivity index (χ2n) is 3.83. The van der Waals surface area contributed by atoms with Crippen LogP contribution in [0.4, 0.5) is 4.39 Å². The van der Waals surface area contributed by atoms with Crippen molar-refractivity contribution in [1.29, 1.82) is 5.26 Å². The van der Waals surface area contributed by atoms with Gasteiger partial charge < -0.3 is 9.47 Å². The number of halogens is 1. The highest BCUT2D eigenvalue weighted by Crippen LogP contribution is 2.17. The number of carbonyl (C=O) groups is 1. The third-order valence-electron chi connectivity index (χ3n) is 2.38. The third-order valence-corrected chi connectivity index (χ3v) is 2.38. The van der Waals surface area contributed by atoms with Crippen LogP contribution in [0.5, 0.6) is 11.5 Å². The molecule has 0 spiro atoms. The van der Waals surface area contributed by atoms with Gasteiger partial charge in [0.25, 0.3) is 0 Å². The van der Waals surface area contributed by atoms with Crippen LogP contribution in [0.3, 0.4) is 0 Å². The Morgan fingerprint density at radius 2 is 2.00 bits per heavy atom. The third kappa shape index (κ3) is 3.56. The maximum Gasteiger partial charge on any atom is 0.349 e. The lowest BCUT2D eigenvalue weighted by Gasteiger charge is -2.07. The summed E-state index contributed by atoms with van der Waals surface area (Å²) in [5.41, 5.74) is 0.256. The average Bonchev–Trinajstić information content (AvgIpc) is 2.46. The van der Waals surface area contributed by atoms with E-state index in [2.05, 4.69) is 0 Å². The quantitative estimate of drug-likeness (QED) is 0.633. The first-order valence-electron chi connectivity index (χ1n) is 5.77. The minimum Gasteiger partial charge on any atom is -0.482 e. The van der Waals surface area contributed by atoms with E-state index in [-0.39, 0.29) is 23.7 Å². The first kappa shape index (κ1) is 13.6. The first-order valence-corrected chi connectivity index (χ1v) is 5.77. The molecule has 0 N–H and O–H groups in total. The molecule has 0 aliphatic carbocycles. The number of nitriles is 1. The lowest BCUT2D eigenvalue weighted by molar-refractivity contribution is -0.136. The van der Waals surface area contributed by atoms with Gasteiger partial charge in [-0.15, -0.1) is 0 Å². The zero-order valence-electron chi connectivity index (χ0n) is 10.4. The lowest BCUT2D eigenvalue weighted by atomic mass is 10.2. The molecule has 4 nitrogen and oxygen atoms in total. The molecule has 100 valence electrons. The van der Waals surface area contributed by atoms with Crippen molar-refractivity contribution in [2.24, 2.45) is 0 Å². The van der Waals surface area contributed by atoms with E-state index in [1.165, 1.54) is 30.3 Å². The van der Waals surface area contributed by atoms with Gasteiger partial charge in [0, 0.05) is 6.07 Å². The van der Waals surface area contributed by atoms with Crippen molar-refractivity contribution in [3.8, 4) is 17.6 Å². The molecule has 0 aliphatic rings. The molecule has 5 heteroatoms. The van der Waals surface area contributed by atoms with E-state index in [1.54, 1.807) is 12.1 Å².